The number of hydrogen-bond donors (Lipinski definition) is 0. The van der Waals surface area contributed by atoms with E-state index in [1.54, 1.807) is 0 Å². The molecule has 0 aromatic heterocycles. The van der Waals surface area contributed by atoms with Gasteiger partial charge in [-0.15, -0.1) is 0 Å². The molecular formula is C7H7N. The van der Waals surface area contributed by atoms with Crippen molar-refractivity contribution in [2.45, 2.75) is 13.3 Å². The molecule has 1 rings (SSSR count). The van der Waals surface area contributed by atoms with Crippen LogP contribution in [0.15, 0.2) is 23.3 Å². The fourth-order valence-electron chi connectivity index (χ4n) is 0.487. The zero-order valence-corrected chi connectivity index (χ0v) is 4.81. The predicted molar refractivity (Wildman–Crippen MR) is 32.1 cm³/mol. The van der Waals surface area contributed by atoms with Gasteiger partial charge in [-0.25, -0.2) is 0 Å². The molecule has 0 amide bonds. The molecule has 40 valence electrons. The van der Waals surface area contributed by atoms with Gasteiger partial charge < -0.3 is 0 Å². The van der Waals surface area contributed by atoms with Gasteiger partial charge in [-0.2, -0.15) is 5.26 Å². The van der Waals surface area contributed by atoms with Gasteiger partial charge in [0.25, 0.3) is 0 Å². The summed E-state index contributed by atoms with van der Waals surface area (Å²) in [6.07, 6.45) is 5.10. The molecule has 0 atom stereocenters. The summed E-state index contributed by atoms with van der Waals surface area (Å²) in [5.74, 6) is 0. The maximum Gasteiger partial charge on any atom is 0.0944 e. The largest absolute Gasteiger partial charge is 0.193 e. The number of nitriles is 1. The lowest BCUT2D eigenvalue weighted by Crippen LogP contribution is -1.63. The van der Waals surface area contributed by atoms with Crippen molar-refractivity contribution in [3.8, 4) is 6.07 Å². The van der Waals surface area contributed by atoms with Crippen molar-refractivity contribution in [3.63, 3.8) is 0 Å². The van der Waals surface area contributed by atoms with Crippen LogP contribution in [0, 0.1) is 11.3 Å². The maximum atomic E-state index is 8.27. The van der Waals surface area contributed by atoms with Crippen molar-refractivity contribution in [2.24, 2.45) is 0 Å². The van der Waals surface area contributed by atoms with E-state index in [1.165, 1.54) is 5.57 Å². The summed E-state index contributed by atoms with van der Waals surface area (Å²) in [6, 6.07) is 2.06. The van der Waals surface area contributed by atoms with Gasteiger partial charge in [0.1, 0.15) is 0 Å². The van der Waals surface area contributed by atoms with Crippen molar-refractivity contribution < 1.29 is 0 Å². The Bertz CT molecular complexity index is 191. The predicted octanol–water partition coefficient (Wildman–Crippen LogP) is 1.79. The summed E-state index contributed by atoms with van der Waals surface area (Å²) in [6.45, 7) is 1.82. The molecule has 1 aliphatic carbocycles. The number of hydrogen-bond acceptors (Lipinski definition) is 1. The van der Waals surface area contributed by atoms with E-state index in [-0.39, 0.29) is 0 Å². The molecule has 0 unspecified atom stereocenters. The Morgan fingerprint density at radius 1 is 2.00 bits per heavy atom. The summed E-state index contributed by atoms with van der Waals surface area (Å²) in [5, 5.41) is 8.27. The number of allylic oxidation sites excluding steroid dienone is 4. The fourth-order valence-corrected chi connectivity index (χ4v) is 0.487. The normalized spacial score (nSPS) is 17.0. The quantitative estimate of drug-likeness (QED) is 0.466. The third-order valence-electron chi connectivity index (χ3n) is 1.02. The second-order valence-corrected chi connectivity index (χ2v) is 1.92. The van der Waals surface area contributed by atoms with Crippen LogP contribution >= 0.6 is 0 Å². The van der Waals surface area contributed by atoms with E-state index in [9.17, 15) is 0 Å². The zero-order valence-electron chi connectivity index (χ0n) is 4.81. The molecule has 1 aliphatic rings. The molecule has 0 aromatic rings. The summed E-state index contributed by atoms with van der Waals surface area (Å²) in [7, 11) is 0. The number of rotatable bonds is 1. The monoisotopic (exact) mass is 105 g/mol. The van der Waals surface area contributed by atoms with E-state index in [1.807, 2.05) is 13.0 Å². The van der Waals surface area contributed by atoms with Crippen molar-refractivity contribution in [2.75, 3.05) is 0 Å². The lowest BCUT2D eigenvalue weighted by Gasteiger charge is -1.76. The van der Waals surface area contributed by atoms with Gasteiger partial charge in [0.05, 0.1) is 6.07 Å². The third kappa shape index (κ3) is 1.23. The second kappa shape index (κ2) is 1.83. The summed E-state index contributed by atoms with van der Waals surface area (Å²) >= 11 is 0. The van der Waals surface area contributed by atoms with E-state index in [4.69, 9.17) is 5.26 Å². The van der Waals surface area contributed by atoms with E-state index in [0.717, 1.165) is 12.0 Å². The zero-order chi connectivity index (χ0) is 5.98. The first-order valence-electron chi connectivity index (χ1n) is 2.60. The summed E-state index contributed by atoms with van der Waals surface area (Å²) in [4.78, 5) is 0. The van der Waals surface area contributed by atoms with Gasteiger partial charge in [0, 0.05) is 5.57 Å². The van der Waals surface area contributed by atoms with E-state index in [2.05, 4.69) is 12.1 Å². The van der Waals surface area contributed by atoms with Gasteiger partial charge in [0.15, 0.2) is 0 Å². The van der Waals surface area contributed by atoms with Gasteiger partial charge in [0.2, 0.25) is 0 Å². The highest BCUT2D eigenvalue weighted by Gasteiger charge is 2.01. The molecule has 0 aromatic carbocycles. The first kappa shape index (κ1) is 5.11. The summed E-state index contributed by atoms with van der Waals surface area (Å²) in [5.41, 5.74) is 2.10. The van der Waals surface area contributed by atoms with Crippen LogP contribution in [0.3, 0.4) is 0 Å². The van der Waals surface area contributed by atoms with Gasteiger partial charge >= 0.3 is 0 Å². The Hall–Kier alpha value is -1.03. The van der Waals surface area contributed by atoms with E-state index >= 15 is 0 Å². The van der Waals surface area contributed by atoms with Crippen LogP contribution < -0.4 is 0 Å². The first-order valence-corrected chi connectivity index (χ1v) is 2.60. The Labute approximate surface area is 48.9 Å². The van der Waals surface area contributed by atoms with Crippen LogP contribution in [-0.2, 0) is 0 Å². The highest BCUT2D eigenvalue weighted by molar-refractivity contribution is 5.39. The molecule has 0 heterocycles. The van der Waals surface area contributed by atoms with Crippen molar-refractivity contribution in [1.29, 1.82) is 5.26 Å². The third-order valence-corrected chi connectivity index (χ3v) is 1.02. The van der Waals surface area contributed by atoms with Crippen molar-refractivity contribution >= 4 is 0 Å². The molecule has 0 saturated heterocycles. The van der Waals surface area contributed by atoms with Crippen LogP contribution in [0.1, 0.15) is 13.3 Å². The second-order valence-electron chi connectivity index (χ2n) is 1.92. The Kier molecular flexibility index (Phi) is 1.17. The van der Waals surface area contributed by atoms with Crippen LogP contribution in [0.25, 0.3) is 0 Å². The highest BCUT2D eigenvalue weighted by atomic mass is 14.2. The number of nitrogens with zero attached hydrogens (tertiary/aromatic N) is 1. The lowest BCUT2D eigenvalue weighted by molar-refractivity contribution is 1.43. The minimum Gasteiger partial charge on any atom is -0.193 e. The molecule has 0 aliphatic heterocycles. The Morgan fingerprint density at radius 2 is 2.62 bits per heavy atom. The average molecular weight is 105 g/mol. The van der Waals surface area contributed by atoms with Gasteiger partial charge in [-0.3, -0.25) is 0 Å². The highest BCUT2D eigenvalue weighted by Crippen LogP contribution is 2.20. The summed E-state index contributed by atoms with van der Waals surface area (Å²) < 4.78 is 0. The van der Waals surface area contributed by atoms with Gasteiger partial charge in [-0.1, -0.05) is 6.08 Å². The van der Waals surface area contributed by atoms with Crippen LogP contribution in [0.2, 0.25) is 0 Å². The lowest BCUT2D eigenvalue weighted by atomic mass is 10.3. The van der Waals surface area contributed by atoms with E-state index in [0.29, 0.717) is 0 Å². The molecule has 1 heteroatoms. The van der Waals surface area contributed by atoms with Crippen molar-refractivity contribution in [1.82, 2.24) is 0 Å². The standard InChI is InChI=1S/C7H7N/c1-6(5-8)4-7-2-3-7/h2,4H,3H2,1H3. The molecule has 0 saturated carbocycles. The molecule has 0 N–H and O–H groups in total. The maximum absolute atomic E-state index is 8.27. The average Bonchev–Trinajstić information content (AvgIpc) is 2.50. The Balaban J connectivity index is 2.55. The minimum atomic E-state index is 0.800. The van der Waals surface area contributed by atoms with Crippen molar-refractivity contribution in [3.05, 3.63) is 23.3 Å². The first-order chi connectivity index (χ1) is 3.83. The molecule has 0 fully saturated rings. The molecule has 0 radical (unpaired) electrons. The topological polar surface area (TPSA) is 23.8 Å². The van der Waals surface area contributed by atoms with Crippen LogP contribution in [0.4, 0.5) is 0 Å². The van der Waals surface area contributed by atoms with Crippen LogP contribution in [0.5, 0.6) is 0 Å². The molecule has 8 heavy (non-hydrogen) atoms. The smallest absolute Gasteiger partial charge is 0.0944 e. The van der Waals surface area contributed by atoms with E-state index < -0.39 is 0 Å². The Morgan fingerprint density at radius 3 is 3.00 bits per heavy atom. The molecular weight excluding hydrogens is 98.1 g/mol. The molecule has 0 bridgehead atoms. The van der Waals surface area contributed by atoms with Gasteiger partial charge in [-0.05, 0) is 25.0 Å². The SMILES string of the molecule is CC(C#N)=CC1=CC1. The van der Waals surface area contributed by atoms with Crippen LogP contribution in [-0.4, -0.2) is 0 Å². The molecule has 1 nitrogen and oxygen atoms in total. The fraction of sp³-hybridized carbons (Fsp3) is 0.286. The molecule has 0 spiro atoms. The minimum absolute atomic E-state index is 0.800.